The molecule has 0 radical (unpaired) electrons. The lowest BCUT2D eigenvalue weighted by atomic mass is 10.1. The highest BCUT2D eigenvalue weighted by Crippen LogP contribution is 2.24. The smallest absolute Gasteiger partial charge is 0.408 e. The SMILES string of the molecule is NS(=O)(=O)OCCCCC(NC(=O)OCc1ccccc1)C(=O)Nc1nc(-c2ccccc2)cs1. The van der Waals surface area contributed by atoms with Gasteiger partial charge in [0.05, 0.1) is 12.3 Å². The molecule has 3 rings (SSSR count). The first-order chi connectivity index (χ1) is 16.8. The Balaban J connectivity index is 1.59. The lowest BCUT2D eigenvalue weighted by Crippen LogP contribution is -2.44. The van der Waals surface area contributed by atoms with Gasteiger partial charge in [0.25, 0.3) is 0 Å². The van der Waals surface area contributed by atoms with Crippen LogP contribution in [0.15, 0.2) is 66.0 Å². The van der Waals surface area contributed by atoms with E-state index in [9.17, 15) is 18.0 Å². The molecule has 10 nitrogen and oxygen atoms in total. The Hall–Kier alpha value is -3.32. The number of amides is 2. The standard InChI is InChI=1S/C23H26N4O6S2/c24-35(30,31)33-14-8-7-13-19(26-23(29)32-15-17-9-3-1-4-10-17)21(28)27-22-25-20(16-34-22)18-11-5-2-6-12-18/h1-6,9-12,16,19H,7-8,13-15H2,(H,26,29)(H2,24,30,31)(H,25,27,28). The maximum absolute atomic E-state index is 12.9. The number of rotatable bonds is 12. The Morgan fingerprint density at radius 2 is 1.71 bits per heavy atom. The Labute approximate surface area is 207 Å². The largest absolute Gasteiger partial charge is 0.445 e. The van der Waals surface area contributed by atoms with Crippen molar-refractivity contribution in [2.75, 3.05) is 11.9 Å². The summed E-state index contributed by atoms with van der Waals surface area (Å²) in [6.45, 7) is -0.0747. The number of nitrogens with zero attached hydrogens (tertiary/aromatic N) is 1. The minimum absolute atomic E-state index is 0.0517. The predicted molar refractivity (Wildman–Crippen MR) is 133 cm³/mol. The van der Waals surface area contributed by atoms with Gasteiger partial charge >= 0.3 is 16.4 Å². The van der Waals surface area contributed by atoms with Crippen LogP contribution < -0.4 is 15.8 Å². The molecule has 0 saturated carbocycles. The highest BCUT2D eigenvalue weighted by molar-refractivity contribution is 7.84. The number of nitrogens with one attached hydrogen (secondary N) is 2. The first kappa shape index (κ1) is 26.3. The van der Waals surface area contributed by atoms with E-state index in [0.717, 1.165) is 16.8 Å². The zero-order chi connectivity index (χ0) is 25.1. The average Bonchev–Trinajstić information content (AvgIpc) is 3.31. The number of carbonyl (C=O) groups is 2. The van der Waals surface area contributed by atoms with E-state index in [0.29, 0.717) is 18.0 Å². The van der Waals surface area contributed by atoms with E-state index in [2.05, 4.69) is 19.8 Å². The van der Waals surface area contributed by atoms with Gasteiger partial charge in [-0.25, -0.2) is 14.9 Å². The topological polar surface area (TPSA) is 150 Å². The number of hydrogen-bond acceptors (Lipinski definition) is 8. The molecule has 186 valence electrons. The molecule has 1 atom stereocenters. The normalized spacial score (nSPS) is 12.0. The predicted octanol–water partition coefficient (Wildman–Crippen LogP) is 3.43. The van der Waals surface area contributed by atoms with Crippen molar-refractivity contribution in [3.8, 4) is 11.3 Å². The monoisotopic (exact) mass is 518 g/mol. The van der Waals surface area contributed by atoms with E-state index >= 15 is 0 Å². The average molecular weight is 519 g/mol. The number of benzene rings is 2. The molecule has 1 heterocycles. The summed E-state index contributed by atoms with van der Waals surface area (Å²) >= 11 is 1.26. The van der Waals surface area contributed by atoms with E-state index in [-0.39, 0.29) is 19.6 Å². The van der Waals surface area contributed by atoms with Crippen molar-refractivity contribution in [1.82, 2.24) is 10.3 Å². The molecule has 35 heavy (non-hydrogen) atoms. The number of hydrogen-bond donors (Lipinski definition) is 3. The second kappa shape index (κ2) is 13.0. The van der Waals surface area contributed by atoms with Gasteiger partial charge in [0.1, 0.15) is 12.6 Å². The third kappa shape index (κ3) is 9.45. The van der Waals surface area contributed by atoms with E-state index in [1.165, 1.54) is 11.3 Å². The summed E-state index contributed by atoms with van der Waals surface area (Å²) in [5.41, 5.74) is 2.44. The lowest BCUT2D eigenvalue weighted by Gasteiger charge is -2.17. The number of ether oxygens (including phenoxy) is 1. The number of carbonyl (C=O) groups excluding carboxylic acids is 2. The van der Waals surface area contributed by atoms with Crippen LogP contribution in [-0.4, -0.2) is 38.1 Å². The quantitative estimate of drug-likeness (QED) is 0.311. The third-order valence-electron chi connectivity index (χ3n) is 4.76. The van der Waals surface area contributed by atoms with Crippen LogP contribution in [0.2, 0.25) is 0 Å². The van der Waals surface area contributed by atoms with Crippen molar-refractivity contribution < 1.29 is 26.9 Å². The van der Waals surface area contributed by atoms with Gasteiger partial charge in [-0.15, -0.1) is 11.3 Å². The number of aromatic nitrogens is 1. The van der Waals surface area contributed by atoms with Gasteiger partial charge in [-0.05, 0) is 24.8 Å². The van der Waals surface area contributed by atoms with Gasteiger partial charge in [0.15, 0.2) is 5.13 Å². The van der Waals surface area contributed by atoms with Gasteiger partial charge in [-0.3, -0.25) is 8.98 Å². The van der Waals surface area contributed by atoms with E-state index in [1.54, 1.807) is 0 Å². The molecule has 0 aliphatic heterocycles. The van der Waals surface area contributed by atoms with Crippen molar-refractivity contribution in [3.05, 3.63) is 71.6 Å². The van der Waals surface area contributed by atoms with Crippen LogP contribution in [0.3, 0.4) is 0 Å². The summed E-state index contributed by atoms with van der Waals surface area (Å²) in [6.07, 6.45) is 0.173. The fourth-order valence-corrected chi connectivity index (χ4v) is 4.14. The Bertz CT molecular complexity index is 1200. The Kier molecular flexibility index (Phi) is 9.73. The van der Waals surface area contributed by atoms with E-state index < -0.39 is 28.3 Å². The first-order valence-electron chi connectivity index (χ1n) is 10.8. The van der Waals surface area contributed by atoms with Crippen LogP contribution in [-0.2, 0) is 30.6 Å². The molecule has 2 amide bonds. The van der Waals surface area contributed by atoms with E-state index in [4.69, 9.17) is 9.88 Å². The van der Waals surface area contributed by atoms with Gasteiger partial charge < -0.3 is 15.4 Å². The minimum atomic E-state index is -4.03. The zero-order valence-electron chi connectivity index (χ0n) is 18.8. The fourth-order valence-electron chi connectivity index (χ4n) is 3.07. The number of nitrogens with two attached hydrogens (primary N) is 1. The Morgan fingerprint density at radius 1 is 1.03 bits per heavy atom. The third-order valence-corrected chi connectivity index (χ3v) is 6.01. The molecule has 0 spiro atoms. The summed E-state index contributed by atoms with van der Waals surface area (Å²) in [6, 6.07) is 17.7. The number of alkyl carbamates (subject to hydrolysis) is 1. The van der Waals surface area contributed by atoms with Crippen molar-refractivity contribution in [2.45, 2.75) is 31.9 Å². The van der Waals surface area contributed by atoms with Crippen molar-refractivity contribution >= 4 is 38.8 Å². The molecule has 0 aliphatic carbocycles. The number of anilines is 1. The van der Waals surface area contributed by atoms with Gasteiger partial charge in [0.2, 0.25) is 5.91 Å². The molecule has 2 aromatic carbocycles. The second-order valence-electron chi connectivity index (χ2n) is 7.46. The van der Waals surface area contributed by atoms with Crippen LogP contribution in [0.4, 0.5) is 9.93 Å². The Morgan fingerprint density at radius 3 is 2.40 bits per heavy atom. The van der Waals surface area contributed by atoms with Crippen molar-refractivity contribution in [2.24, 2.45) is 5.14 Å². The summed E-state index contributed by atoms with van der Waals surface area (Å²) in [5.74, 6) is -0.469. The van der Waals surface area contributed by atoms with Crippen molar-refractivity contribution in [3.63, 3.8) is 0 Å². The molecular formula is C23H26N4O6S2. The molecule has 12 heteroatoms. The van der Waals surface area contributed by atoms with Crippen LogP contribution in [0.5, 0.6) is 0 Å². The summed E-state index contributed by atoms with van der Waals surface area (Å²) < 4.78 is 31.5. The van der Waals surface area contributed by atoms with Crippen molar-refractivity contribution in [1.29, 1.82) is 0 Å². The fraction of sp³-hybridized carbons (Fsp3) is 0.261. The van der Waals surface area contributed by atoms with Gasteiger partial charge in [-0.2, -0.15) is 8.42 Å². The van der Waals surface area contributed by atoms with Gasteiger partial charge in [-0.1, -0.05) is 60.7 Å². The summed E-state index contributed by atoms with van der Waals surface area (Å²) in [7, 11) is -4.03. The van der Waals surface area contributed by atoms with E-state index in [1.807, 2.05) is 66.0 Å². The first-order valence-corrected chi connectivity index (χ1v) is 13.1. The van der Waals surface area contributed by atoms with Gasteiger partial charge in [0, 0.05) is 10.9 Å². The maximum Gasteiger partial charge on any atom is 0.408 e. The lowest BCUT2D eigenvalue weighted by molar-refractivity contribution is -0.118. The molecular weight excluding hydrogens is 492 g/mol. The second-order valence-corrected chi connectivity index (χ2v) is 9.54. The van der Waals surface area contributed by atoms with Crippen LogP contribution in [0.1, 0.15) is 24.8 Å². The highest BCUT2D eigenvalue weighted by Gasteiger charge is 2.22. The number of unbranched alkanes of at least 4 members (excludes halogenated alkanes) is 1. The van der Waals surface area contributed by atoms with Crippen LogP contribution >= 0.6 is 11.3 Å². The maximum atomic E-state index is 12.9. The van der Waals surface area contributed by atoms with Crippen LogP contribution in [0.25, 0.3) is 11.3 Å². The summed E-state index contributed by atoms with van der Waals surface area (Å²) in [4.78, 5) is 29.7. The summed E-state index contributed by atoms with van der Waals surface area (Å²) in [5, 5.41) is 12.3. The molecule has 1 aromatic heterocycles. The zero-order valence-corrected chi connectivity index (χ0v) is 20.4. The highest BCUT2D eigenvalue weighted by atomic mass is 32.2. The molecule has 1 unspecified atom stereocenters. The molecule has 0 saturated heterocycles. The van der Waals surface area contributed by atoms with Crippen LogP contribution in [0, 0.1) is 0 Å². The molecule has 3 aromatic rings. The molecule has 0 aliphatic rings. The molecule has 0 fully saturated rings. The number of thiazole rings is 1. The molecule has 4 N–H and O–H groups in total. The molecule has 0 bridgehead atoms. The minimum Gasteiger partial charge on any atom is -0.445 e.